The molecule has 19 heavy (non-hydrogen) atoms. The highest BCUT2D eigenvalue weighted by Crippen LogP contribution is 2.24. The Morgan fingerprint density at radius 3 is 2.42 bits per heavy atom. The van der Waals surface area contributed by atoms with Crippen molar-refractivity contribution in [1.82, 2.24) is 8.61 Å². The summed E-state index contributed by atoms with van der Waals surface area (Å²) in [5, 5.41) is 9.18. The molecule has 1 atom stereocenters. The van der Waals surface area contributed by atoms with E-state index in [0.717, 1.165) is 32.1 Å². The molecule has 0 saturated carbocycles. The smallest absolute Gasteiger partial charge is 0.282 e. The summed E-state index contributed by atoms with van der Waals surface area (Å²) >= 11 is 0. The Bertz CT molecular complexity index is 355. The predicted molar refractivity (Wildman–Crippen MR) is 77.1 cm³/mol. The molecule has 114 valence electrons. The molecule has 1 aliphatic rings. The van der Waals surface area contributed by atoms with E-state index >= 15 is 0 Å². The van der Waals surface area contributed by atoms with Gasteiger partial charge in [0.1, 0.15) is 0 Å². The molecule has 1 saturated heterocycles. The molecule has 1 N–H and O–H groups in total. The second-order valence-electron chi connectivity index (χ2n) is 5.27. The Hall–Kier alpha value is -0.170. The number of rotatable bonds is 7. The Morgan fingerprint density at radius 2 is 1.95 bits per heavy atom. The summed E-state index contributed by atoms with van der Waals surface area (Å²) in [6.07, 6.45) is 4.50. The number of aliphatic hydroxyl groups excluding tert-OH is 1. The lowest BCUT2D eigenvalue weighted by atomic mass is 10.1. The van der Waals surface area contributed by atoms with Crippen LogP contribution in [0.2, 0.25) is 0 Å². The molecule has 1 aliphatic heterocycles. The van der Waals surface area contributed by atoms with Crippen molar-refractivity contribution >= 4 is 10.2 Å². The fraction of sp³-hybridized carbons (Fsp3) is 1.00. The van der Waals surface area contributed by atoms with Crippen LogP contribution in [0.5, 0.6) is 0 Å². The van der Waals surface area contributed by atoms with Crippen molar-refractivity contribution in [3.8, 4) is 0 Å². The van der Waals surface area contributed by atoms with Crippen molar-refractivity contribution in [2.24, 2.45) is 0 Å². The lowest BCUT2D eigenvalue weighted by molar-refractivity contribution is 0.191. The molecule has 1 fully saturated rings. The van der Waals surface area contributed by atoms with E-state index in [-0.39, 0.29) is 25.2 Å². The molecular weight excluding hydrogens is 264 g/mol. The first kappa shape index (κ1) is 16.9. The van der Waals surface area contributed by atoms with Gasteiger partial charge in [0.2, 0.25) is 0 Å². The first-order valence-corrected chi connectivity index (χ1v) is 8.78. The molecule has 0 amide bonds. The van der Waals surface area contributed by atoms with Crippen molar-refractivity contribution in [2.45, 2.75) is 65.0 Å². The van der Waals surface area contributed by atoms with Crippen LogP contribution in [0.4, 0.5) is 0 Å². The van der Waals surface area contributed by atoms with Gasteiger partial charge in [0.25, 0.3) is 10.2 Å². The predicted octanol–water partition coefficient (Wildman–Crippen LogP) is 1.59. The highest BCUT2D eigenvalue weighted by atomic mass is 32.2. The van der Waals surface area contributed by atoms with Crippen LogP contribution in [0.15, 0.2) is 0 Å². The van der Waals surface area contributed by atoms with Crippen molar-refractivity contribution in [3.05, 3.63) is 0 Å². The lowest BCUT2D eigenvalue weighted by Gasteiger charge is -2.38. The summed E-state index contributed by atoms with van der Waals surface area (Å²) in [5.74, 6) is 0. The molecule has 1 heterocycles. The van der Waals surface area contributed by atoms with Crippen molar-refractivity contribution in [3.63, 3.8) is 0 Å². The number of hydrogen-bond acceptors (Lipinski definition) is 3. The van der Waals surface area contributed by atoms with Crippen LogP contribution < -0.4 is 0 Å². The molecule has 1 rings (SSSR count). The van der Waals surface area contributed by atoms with E-state index in [4.69, 9.17) is 0 Å². The maximum atomic E-state index is 12.8. The zero-order valence-electron chi connectivity index (χ0n) is 12.4. The van der Waals surface area contributed by atoms with Crippen LogP contribution in [0.25, 0.3) is 0 Å². The second kappa shape index (κ2) is 7.57. The van der Waals surface area contributed by atoms with Gasteiger partial charge < -0.3 is 5.11 Å². The van der Waals surface area contributed by atoms with Gasteiger partial charge in [0.15, 0.2) is 0 Å². The number of nitrogens with zero attached hydrogens (tertiary/aromatic N) is 2. The van der Waals surface area contributed by atoms with E-state index < -0.39 is 10.2 Å². The van der Waals surface area contributed by atoms with E-state index in [1.54, 1.807) is 4.31 Å². The second-order valence-corrected chi connectivity index (χ2v) is 7.10. The van der Waals surface area contributed by atoms with Crippen LogP contribution in [-0.4, -0.2) is 53.9 Å². The molecule has 1 unspecified atom stereocenters. The highest BCUT2D eigenvalue weighted by Gasteiger charge is 2.36. The molecule has 0 aromatic rings. The minimum atomic E-state index is -3.45. The van der Waals surface area contributed by atoms with Crippen LogP contribution in [0.1, 0.15) is 52.9 Å². The van der Waals surface area contributed by atoms with E-state index in [1.807, 2.05) is 20.8 Å². The van der Waals surface area contributed by atoms with Gasteiger partial charge in [-0.15, -0.1) is 0 Å². The van der Waals surface area contributed by atoms with E-state index in [0.29, 0.717) is 6.54 Å². The van der Waals surface area contributed by atoms with Gasteiger partial charge in [-0.05, 0) is 32.6 Å². The Kier molecular flexibility index (Phi) is 6.73. The fourth-order valence-electron chi connectivity index (χ4n) is 2.83. The lowest BCUT2D eigenvalue weighted by Crippen LogP contribution is -2.53. The van der Waals surface area contributed by atoms with Crippen LogP contribution in [0, 0.1) is 0 Å². The van der Waals surface area contributed by atoms with Gasteiger partial charge >= 0.3 is 0 Å². The number of hydrogen-bond donors (Lipinski definition) is 1. The van der Waals surface area contributed by atoms with Crippen LogP contribution >= 0.6 is 0 Å². The van der Waals surface area contributed by atoms with Gasteiger partial charge in [-0.2, -0.15) is 17.0 Å². The molecular formula is C13H28N2O3S. The Morgan fingerprint density at radius 1 is 1.32 bits per heavy atom. The Labute approximate surface area is 117 Å². The molecule has 0 bridgehead atoms. The summed E-state index contributed by atoms with van der Waals surface area (Å²) in [6, 6.07) is 0.0422. The monoisotopic (exact) mass is 292 g/mol. The number of piperidine rings is 1. The SMILES string of the molecule is CCC(CC)N(CCO)S(=O)(=O)N1CCCCC1C. The van der Waals surface area contributed by atoms with Crippen LogP contribution in [-0.2, 0) is 10.2 Å². The summed E-state index contributed by atoms with van der Waals surface area (Å²) in [4.78, 5) is 0. The standard InChI is InChI=1S/C13H28N2O3S/c1-4-13(5-2)15(10-11-16)19(17,18)14-9-7-6-8-12(14)3/h12-13,16H,4-11H2,1-3H3. The third-order valence-electron chi connectivity index (χ3n) is 4.00. The average Bonchev–Trinajstić information content (AvgIpc) is 2.39. The zero-order chi connectivity index (χ0) is 14.5. The zero-order valence-corrected chi connectivity index (χ0v) is 13.2. The van der Waals surface area contributed by atoms with Gasteiger partial charge in [-0.1, -0.05) is 20.3 Å². The quantitative estimate of drug-likeness (QED) is 0.775. The minimum Gasteiger partial charge on any atom is -0.395 e. The van der Waals surface area contributed by atoms with Crippen molar-refractivity contribution < 1.29 is 13.5 Å². The third kappa shape index (κ3) is 3.90. The maximum absolute atomic E-state index is 12.8. The molecule has 0 aromatic carbocycles. The van der Waals surface area contributed by atoms with Crippen molar-refractivity contribution in [2.75, 3.05) is 19.7 Å². The molecule has 0 spiro atoms. The maximum Gasteiger partial charge on any atom is 0.282 e. The normalized spacial score (nSPS) is 22.3. The van der Waals surface area contributed by atoms with Crippen LogP contribution in [0.3, 0.4) is 0 Å². The highest BCUT2D eigenvalue weighted by molar-refractivity contribution is 7.86. The van der Waals surface area contributed by atoms with E-state index in [1.165, 1.54) is 4.31 Å². The van der Waals surface area contributed by atoms with Gasteiger partial charge in [0.05, 0.1) is 6.61 Å². The van der Waals surface area contributed by atoms with E-state index in [2.05, 4.69) is 0 Å². The summed E-state index contributed by atoms with van der Waals surface area (Å²) in [6.45, 7) is 6.63. The minimum absolute atomic E-state index is 0.0220. The molecule has 5 nitrogen and oxygen atoms in total. The molecule has 0 aromatic heterocycles. The molecule has 6 heteroatoms. The largest absolute Gasteiger partial charge is 0.395 e. The molecule has 0 aliphatic carbocycles. The Balaban J connectivity index is 2.97. The first-order valence-electron chi connectivity index (χ1n) is 7.38. The topological polar surface area (TPSA) is 60.9 Å². The van der Waals surface area contributed by atoms with Gasteiger partial charge in [-0.25, -0.2) is 0 Å². The summed E-state index contributed by atoms with van der Waals surface area (Å²) < 4.78 is 28.7. The first-order chi connectivity index (χ1) is 8.98. The van der Waals surface area contributed by atoms with E-state index in [9.17, 15) is 13.5 Å². The van der Waals surface area contributed by atoms with Gasteiger partial charge in [0, 0.05) is 25.2 Å². The van der Waals surface area contributed by atoms with Gasteiger partial charge in [-0.3, -0.25) is 0 Å². The molecule has 0 radical (unpaired) electrons. The number of aliphatic hydroxyl groups is 1. The third-order valence-corrected chi connectivity index (χ3v) is 6.21. The average molecular weight is 292 g/mol. The van der Waals surface area contributed by atoms with Crippen molar-refractivity contribution in [1.29, 1.82) is 0 Å². The summed E-state index contributed by atoms with van der Waals surface area (Å²) in [7, 11) is -3.45. The summed E-state index contributed by atoms with van der Waals surface area (Å²) in [5.41, 5.74) is 0. The fourth-order valence-corrected chi connectivity index (χ4v) is 5.01.